The fraction of sp³-hybridized carbons (Fsp3) is 0.550. The van der Waals surface area contributed by atoms with Crippen molar-refractivity contribution in [2.75, 3.05) is 20.3 Å². The first kappa shape index (κ1) is 19.5. The highest BCUT2D eigenvalue weighted by Gasteiger charge is 2.49. The van der Waals surface area contributed by atoms with Gasteiger partial charge in [0, 0.05) is 12.5 Å². The Kier molecular flexibility index (Phi) is 6.60. The van der Waals surface area contributed by atoms with Crippen molar-refractivity contribution in [3.63, 3.8) is 0 Å². The monoisotopic (exact) mass is 346 g/mol. The molecule has 5 nitrogen and oxygen atoms in total. The Hall–Kier alpha value is -1.87. The third kappa shape index (κ3) is 5.05. The minimum atomic E-state index is -0.367. The molecule has 1 aromatic carbocycles. The molecule has 0 saturated carbocycles. The Labute approximate surface area is 149 Å². The van der Waals surface area contributed by atoms with E-state index in [0.717, 1.165) is 7.11 Å². The van der Waals surface area contributed by atoms with Crippen molar-refractivity contribution < 1.29 is 24.1 Å². The SMILES string of the molecule is CC(C)(C)C#CC1COC2C(OC(=O)c3ccccc3)COC12.CO. The second-order valence-electron chi connectivity index (χ2n) is 7.03. The zero-order valence-corrected chi connectivity index (χ0v) is 15.2. The topological polar surface area (TPSA) is 65.0 Å². The fourth-order valence-electron chi connectivity index (χ4n) is 2.78. The van der Waals surface area contributed by atoms with Crippen LogP contribution in [0, 0.1) is 23.2 Å². The zero-order valence-electron chi connectivity index (χ0n) is 15.2. The van der Waals surface area contributed by atoms with Crippen molar-refractivity contribution in [2.45, 2.75) is 39.1 Å². The molecule has 0 aliphatic carbocycles. The first-order chi connectivity index (χ1) is 11.9. The van der Waals surface area contributed by atoms with Gasteiger partial charge in [0.1, 0.15) is 12.2 Å². The first-order valence-corrected chi connectivity index (χ1v) is 8.41. The minimum absolute atomic E-state index is 0.0413. The lowest BCUT2D eigenvalue weighted by Gasteiger charge is -2.16. The summed E-state index contributed by atoms with van der Waals surface area (Å²) in [5.41, 5.74) is 0.494. The molecule has 25 heavy (non-hydrogen) atoms. The molecule has 0 bridgehead atoms. The Bertz CT molecular complexity index is 623. The van der Waals surface area contributed by atoms with Crippen LogP contribution in [0.25, 0.3) is 0 Å². The normalized spacial score (nSPS) is 27.4. The van der Waals surface area contributed by atoms with Gasteiger partial charge in [-0.2, -0.15) is 0 Å². The van der Waals surface area contributed by atoms with Crippen molar-refractivity contribution in [1.82, 2.24) is 0 Å². The van der Waals surface area contributed by atoms with Crippen LogP contribution in [-0.2, 0) is 14.2 Å². The number of hydrogen-bond donors (Lipinski definition) is 1. The van der Waals surface area contributed by atoms with Gasteiger partial charge in [-0.3, -0.25) is 0 Å². The van der Waals surface area contributed by atoms with E-state index >= 15 is 0 Å². The smallest absolute Gasteiger partial charge is 0.338 e. The van der Waals surface area contributed by atoms with Gasteiger partial charge in [-0.05, 0) is 32.9 Å². The molecule has 4 atom stereocenters. The lowest BCUT2D eigenvalue weighted by molar-refractivity contribution is -0.0154. The number of benzene rings is 1. The number of aliphatic hydroxyl groups excluding tert-OH is 1. The third-order valence-electron chi connectivity index (χ3n) is 3.91. The predicted octanol–water partition coefficient (Wildman–Crippen LogP) is 2.28. The maximum absolute atomic E-state index is 12.2. The standard InChI is InChI=1S/C19H22O4.CH4O/c1-19(2,3)10-9-14-11-21-17-15(12-22-16(14)17)23-18(20)13-7-5-4-6-8-13;1-2/h4-8,14-17H,11-12H2,1-3H3;2H,1H3. The number of esters is 1. The molecule has 0 amide bonds. The summed E-state index contributed by atoms with van der Waals surface area (Å²) in [5, 5.41) is 7.00. The highest BCUT2D eigenvalue weighted by molar-refractivity contribution is 5.89. The Morgan fingerprint density at radius 1 is 1.12 bits per heavy atom. The van der Waals surface area contributed by atoms with Crippen LogP contribution in [0.2, 0.25) is 0 Å². The largest absolute Gasteiger partial charge is 0.453 e. The summed E-state index contributed by atoms with van der Waals surface area (Å²) in [7, 11) is 1.00. The fourth-order valence-corrected chi connectivity index (χ4v) is 2.78. The van der Waals surface area contributed by atoms with Gasteiger partial charge in [0.15, 0.2) is 6.10 Å². The van der Waals surface area contributed by atoms with E-state index in [2.05, 4.69) is 32.6 Å². The zero-order chi connectivity index (χ0) is 18.4. The van der Waals surface area contributed by atoms with E-state index in [1.807, 2.05) is 18.2 Å². The number of carbonyl (C=O) groups is 1. The van der Waals surface area contributed by atoms with Crippen molar-refractivity contribution in [3.05, 3.63) is 35.9 Å². The van der Waals surface area contributed by atoms with Crippen LogP contribution in [0.15, 0.2) is 30.3 Å². The lowest BCUT2D eigenvalue weighted by Crippen LogP contribution is -2.33. The maximum atomic E-state index is 12.2. The van der Waals surface area contributed by atoms with Gasteiger partial charge in [-0.1, -0.05) is 30.0 Å². The van der Waals surface area contributed by atoms with Crippen LogP contribution in [0.1, 0.15) is 31.1 Å². The lowest BCUT2D eigenvalue weighted by atomic mass is 9.95. The summed E-state index contributed by atoms with van der Waals surface area (Å²) < 4.78 is 17.2. The van der Waals surface area contributed by atoms with E-state index in [1.165, 1.54) is 0 Å². The van der Waals surface area contributed by atoms with E-state index in [1.54, 1.807) is 12.1 Å². The number of aliphatic hydroxyl groups is 1. The van der Waals surface area contributed by atoms with Gasteiger partial charge < -0.3 is 19.3 Å². The van der Waals surface area contributed by atoms with E-state index in [-0.39, 0.29) is 35.6 Å². The molecule has 2 aliphatic rings. The number of hydrogen-bond acceptors (Lipinski definition) is 5. The first-order valence-electron chi connectivity index (χ1n) is 8.41. The van der Waals surface area contributed by atoms with E-state index in [9.17, 15) is 4.79 Å². The second kappa shape index (κ2) is 8.48. The molecule has 1 aromatic rings. The number of fused-ring (bicyclic) bond motifs is 1. The molecule has 4 unspecified atom stereocenters. The van der Waals surface area contributed by atoms with E-state index in [4.69, 9.17) is 19.3 Å². The Morgan fingerprint density at radius 2 is 1.76 bits per heavy atom. The summed E-state index contributed by atoms with van der Waals surface area (Å²) in [6.07, 6.45) is -0.700. The van der Waals surface area contributed by atoms with Crippen molar-refractivity contribution in [3.8, 4) is 11.8 Å². The van der Waals surface area contributed by atoms with Gasteiger partial charge in [-0.15, -0.1) is 0 Å². The Balaban J connectivity index is 0.00000109. The minimum Gasteiger partial charge on any atom is -0.453 e. The van der Waals surface area contributed by atoms with Gasteiger partial charge in [-0.25, -0.2) is 4.79 Å². The number of carbonyl (C=O) groups excluding carboxylic acids is 1. The molecule has 0 radical (unpaired) electrons. The third-order valence-corrected chi connectivity index (χ3v) is 3.91. The Morgan fingerprint density at radius 3 is 2.40 bits per heavy atom. The van der Waals surface area contributed by atoms with E-state index < -0.39 is 0 Å². The summed E-state index contributed by atoms with van der Waals surface area (Å²) in [6.45, 7) is 7.12. The second-order valence-corrected chi connectivity index (χ2v) is 7.03. The predicted molar refractivity (Wildman–Crippen MR) is 94.0 cm³/mol. The van der Waals surface area contributed by atoms with Crippen LogP contribution in [0.3, 0.4) is 0 Å². The quantitative estimate of drug-likeness (QED) is 0.657. The summed E-state index contributed by atoms with van der Waals surface area (Å²) in [6, 6.07) is 8.97. The van der Waals surface area contributed by atoms with E-state index in [0.29, 0.717) is 18.8 Å². The number of ether oxygens (including phenoxy) is 3. The van der Waals surface area contributed by atoms with Gasteiger partial charge in [0.2, 0.25) is 0 Å². The highest BCUT2D eigenvalue weighted by atomic mass is 16.6. The molecule has 0 spiro atoms. The van der Waals surface area contributed by atoms with Crippen LogP contribution < -0.4 is 0 Å². The van der Waals surface area contributed by atoms with Crippen LogP contribution >= 0.6 is 0 Å². The van der Waals surface area contributed by atoms with Crippen LogP contribution in [0.4, 0.5) is 0 Å². The molecule has 2 saturated heterocycles. The molecule has 2 aliphatic heterocycles. The average molecular weight is 346 g/mol. The average Bonchev–Trinajstić information content (AvgIpc) is 3.18. The molecule has 0 aromatic heterocycles. The number of rotatable bonds is 2. The van der Waals surface area contributed by atoms with Gasteiger partial charge in [0.25, 0.3) is 0 Å². The summed E-state index contributed by atoms with van der Waals surface area (Å²) in [5.74, 6) is 6.20. The van der Waals surface area contributed by atoms with Crippen LogP contribution in [0.5, 0.6) is 0 Å². The van der Waals surface area contributed by atoms with Gasteiger partial charge >= 0.3 is 5.97 Å². The summed E-state index contributed by atoms with van der Waals surface area (Å²) in [4.78, 5) is 12.2. The molecule has 3 rings (SSSR count). The molecule has 2 fully saturated rings. The van der Waals surface area contributed by atoms with Crippen molar-refractivity contribution >= 4 is 5.97 Å². The highest BCUT2D eigenvalue weighted by Crippen LogP contribution is 2.33. The maximum Gasteiger partial charge on any atom is 0.338 e. The van der Waals surface area contributed by atoms with Crippen molar-refractivity contribution in [1.29, 1.82) is 0 Å². The summed E-state index contributed by atoms with van der Waals surface area (Å²) >= 11 is 0. The van der Waals surface area contributed by atoms with Gasteiger partial charge in [0.05, 0.1) is 24.7 Å². The molecule has 2 heterocycles. The molecular formula is C20H26O5. The molecule has 1 N–H and O–H groups in total. The van der Waals surface area contributed by atoms with Crippen LogP contribution in [-0.4, -0.2) is 49.7 Å². The van der Waals surface area contributed by atoms with Crippen molar-refractivity contribution in [2.24, 2.45) is 11.3 Å². The molecular weight excluding hydrogens is 320 g/mol. The molecule has 136 valence electrons. The molecule has 5 heteroatoms.